The minimum atomic E-state index is -3.66. The van der Waals surface area contributed by atoms with E-state index in [0.717, 1.165) is 11.3 Å². The average Bonchev–Trinajstić information content (AvgIpc) is 2.26. The Morgan fingerprint density at radius 3 is 2.53 bits per heavy atom. The molecule has 0 spiro atoms. The van der Waals surface area contributed by atoms with Gasteiger partial charge in [-0.05, 0) is 49.7 Å². The van der Waals surface area contributed by atoms with Crippen LogP contribution in [0.25, 0.3) is 0 Å². The number of nitrogen functional groups attached to an aromatic ring is 1. The zero-order chi connectivity index (χ0) is 14.0. The molecule has 0 saturated carbocycles. The van der Waals surface area contributed by atoms with Gasteiger partial charge in [0.2, 0.25) is 0 Å². The van der Waals surface area contributed by atoms with Crippen LogP contribution in [0.5, 0.6) is 0 Å². The number of aromatic nitrogens is 1. The fraction of sp³-hybridized carbons (Fsp3) is 0.154. The van der Waals surface area contributed by atoms with Crippen LogP contribution in [0.4, 0.5) is 11.5 Å². The van der Waals surface area contributed by atoms with Crippen LogP contribution in [0, 0.1) is 13.8 Å². The van der Waals surface area contributed by atoms with Gasteiger partial charge in [-0.15, -0.1) is 0 Å². The van der Waals surface area contributed by atoms with Crippen LogP contribution in [-0.2, 0) is 10.0 Å². The van der Waals surface area contributed by atoms with E-state index < -0.39 is 10.0 Å². The second-order valence-electron chi connectivity index (χ2n) is 4.35. The molecule has 0 atom stereocenters. The molecule has 0 aliphatic rings. The van der Waals surface area contributed by atoms with Crippen LogP contribution in [0.1, 0.15) is 11.3 Å². The summed E-state index contributed by atoms with van der Waals surface area (Å²) in [4.78, 5) is 4.26. The molecule has 0 unspecified atom stereocenters. The fourth-order valence-electron chi connectivity index (χ4n) is 1.77. The summed E-state index contributed by atoms with van der Waals surface area (Å²) < 4.78 is 26.8. The first kappa shape index (κ1) is 13.4. The molecule has 0 aliphatic carbocycles. The largest absolute Gasteiger partial charge is 0.399 e. The van der Waals surface area contributed by atoms with E-state index in [-0.39, 0.29) is 4.90 Å². The molecule has 0 saturated heterocycles. The molecule has 6 heteroatoms. The number of nitrogens with two attached hydrogens (primary N) is 1. The molecule has 100 valence electrons. The molecule has 1 aromatic heterocycles. The number of aryl methyl sites for hydroxylation is 2. The summed E-state index contributed by atoms with van der Waals surface area (Å²) >= 11 is 0. The number of sulfonamides is 1. The van der Waals surface area contributed by atoms with Gasteiger partial charge in [0.05, 0.1) is 4.90 Å². The molecule has 1 aromatic carbocycles. The Bertz CT molecular complexity index is 691. The topological polar surface area (TPSA) is 85.1 Å². The highest BCUT2D eigenvalue weighted by molar-refractivity contribution is 7.92. The van der Waals surface area contributed by atoms with E-state index in [1.165, 1.54) is 12.1 Å². The first-order valence-electron chi connectivity index (χ1n) is 5.70. The van der Waals surface area contributed by atoms with Gasteiger partial charge in [-0.2, -0.15) is 0 Å². The summed E-state index contributed by atoms with van der Waals surface area (Å²) in [6.45, 7) is 3.69. The fourth-order valence-corrected chi connectivity index (χ4v) is 2.82. The van der Waals surface area contributed by atoms with Crippen molar-refractivity contribution in [2.75, 3.05) is 10.5 Å². The summed E-state index contributed by atoms with van der Waals surface area (Å²) in [5.41, 5.74) is 7.69. The lowest BCUT2D eigenvalue weighted by Gasteiger charge is -2.09. The number of hydrogen-bond acceptors (Lipinski definition) is 4. The molecule has 5 nitrogen and oxygen atoms in total. The van der Waals surface area contributed by atoms with Crippen LogP contribution < -0.4 is 10.5 Å². The zero-order valence-corrected chi connectivity index (χ0v) is 11.5. The Morgan fingerprint density at radius 2 is 1.89 bits per heavy atom. The van der Waals surface area contributed by atoms with Gasteiger partial charge in [0, 0.05) is 11.4 Å². The van der Waals surface area contributed by atoms with Crippen LogP contribution in [0.15, 0.2) is 41.3 Å². The number of rotatable bonds is 3. The van der Waals surface area contributed by atoms with Crippen molar-refractivity contribution in [3.8, 4) is 0 Å². The smallest absolute Gasteiger partial charge is 0.263 e. The van der Waals surface area contributed by atoms with Gasteiger partial charge in [-0.3, -0.25) is 4.72 Å². The minimum absolute atomic E-state index is 0.119. The van der Waals surface area contributed by atoms with E-state index in [1.807, 2.05) is 19.9 Å². The molecule has 0 fully saturated rings. The van der Waals surface area contributed by atoms with Crippen molar-refractivity contribution in [1.82, 2.24) is 4.98 Å². The van der Waals surface area contributed by atoms with Gasteiger partial charge in [-0.1, -0.05) is 6.07 Å². The van der Waals surface area contributed by atoms with Crippen LogP contribution >= 0.6 is 0 Å². The van der Waals surface area contributed by atoms with Crippen LogP contribution in [-0.4, -0.2) is 13.4 Å². The van der Waals surface area contributed by atoms with Crippen molar-refractivity contribution in [2.24, 2.45) is 0 Å². The van der Waals surface area contributed by atoms with E-state index in [0.29, 0.717) is 11.5 Å². The van der Waals surface area contributed by atoms with E-state index in [1.54, 1.807) is 18.2 Å². The maximum atomic E-state index is 12.2. The van der Waals surface area contributed by atoms with Crippen molar-refractivity contribution in [1.29, 1.82) is 0 Å². The minimum Gasteiger partial charge on any atom is -0.399 e. The normalized spacial score (nSPS) is 11.3. The lowest BCUT2D eigenvalue weighted by Crippen LogP contribution is -2.14. The number of nitrogens with zero attached hydrogens (tertiary/aromatic N) is 1. The molecule has 3 N–H and O–H groups in total. The average molecular weight is 277 g/mol. The molecule has 0 amide bonds. The van der Waals surface area contributed by atoms with Crippen LogP contribution in [0.2, 0.25) is 0 Å². The van der Waals surface area contributed by atoms with Gasteiger partial charge in [0.15, 0.2) is 0 Å². The number of benzene rings is 1. The lowest BCUT2D eigenvalue weighted by molar-refractivity contribution is 0.601. The quantitative estimate of drug-likeness (QED) is 0.841. The van der Waals surface area contributed by atoms with Crippen molar-refractivity contribution >= 4 is 21.5 Å². The molecule has 2 rings (SSSR count). The van der Waals surface area contributed by atoms with E-state index in [2.05, 4.69) is 9.71 Å². The predicted octanol–water partition coefficient (Wildman–Crippen LogP) is 2.08. The Kier molecular flexibility index (Phi) is 3.44. The summed E-state index contributed by atoms with van der Waals surface area (Å²) in [6, 6.07) is 9.67. The Balaban J connectivity index is 2.36. The number of pyridine rings is 1. The van der Waals surface area contributed by atoms with Gasteiger partial charge in [-0.25, -0.2) is 13.4 Å². The van der Waals surface area contributed by atoms with Gasteiger partial charge < -0.3 is 5.73 Å². The molecule has 0 bridgehead atoms. The summed E-state index contributed by atoms with van der Waals surface area (Å²) in [7, 11) is -3.66. The standard InChI is InChI=1S/C13H15N3O2S/c1-9-6-10(2)15-13(7-9)16-19(17,18)12-5-3-4-11(14)8-12/h3-8H,14H2,1-2H3,(H,15,16). The molecule has 0 radical (unpaired) electrons. The van der Waals surface area contributed by atoms with Crippen molar-refractivity contribution in [3.05, 3.63) is 47.7 Å². The summed E-state index contributed by atoms with van der Waals surface area (Å²) in [5.74, 6) is 0.305. The molecule has 1 heterocycles. The molecular weight excluding hydrogens is 262 g/mol. The number of anilines is 2. The third-order valence-corrected chi connectivity index (χ3v) is 3.86. The number of nitrogens with one attached hydrogen (secondary N) is 1. The third-order valence-electron chi connectivity index (χ3n) is 2.51. The Hall–Kier alpha value is -2.08. The van der Waals surface area contributed by atoms with E-state index in [9.17, 15) is 8.42 Å². The van der Waals surface area contributed by atoms with Crippen LogP contribution in [0.3, 0.4) is 0 Å². The molecule has 19 heavy (non-hydrogen) atoms. The van der Waals surface area contributed by atoms with Crippen molar-refractivity contribution < 1.29 is 8.42 Å². The molecule has 2 aromatic rings. The summed E-state index contributed by atoms with van der Waals surface area (Å²) in [5, 5.41) is 0. The highest BCUT2D eigenvalue weighted by atomic mass is 32.2. The molecular formula is C13H15N3O2S. The Labute approximate surface area is 112 Å². The highest BCUT2D eigenvalue weighted by Gasteiger charge is 2.15. The SMILES string of the molecule is Cc1cc(C)nc(NS(=O)(=O)c2cccc(N)c2)c1. The van der Waals surface area contributed by atoms with Crippen molar-refractivity contribution in [3.63, 3.8) is 0 Å². The van der Waals surface area contributed by atoms with Crippen molar-refractivity contribution in [2.45, 2.75) is 18.7 Å². The van der Waals surface area contributed by atoms with Gasteiger partial charge in [0.25, 0.3) is 10.0 Å². The van der Waals surface area contributed by atoms with Gasteiger partial charge in [0.1, 0.15) is 5.82 Å². The first-order valence-corrected chi connectivity index (χ1v) is 7.19. The highest BCUT2D eigenvalue weighted by Crippen LogP contribution is 2.17. The maximum absolute atomic E-state index is 12.2. The van der Waals surface area contributed by atoms with E-state index in [4.69, 9.17) is 5.73 Å². The first-order chi connectivity index (χ1) is 8.87. The zero-order valence-electron chi connectivity index (χ0n) is 10.7. The predicted molar refractivity (Wildman–Crippen MR) is 75.4 cm³/mol. The van der Waals surface area contributed by atoms with E-state index >= 15 is 0 Å². The number of hydrogen-bond donors (Lipinski definition) is 2. The Morgan fingerprint density at radius 1 is 1.16 bits per heavy atom. The lowest BCUT2D eigenvalue weighted by atomic mass is 10.2. The third kappa shape index (κ3) is 3.23. The monoisotopic (exact) mass is 277 g/mol. The van der Waals surface area contributed by atoms with Gasteiger partial charge >= 0.3 is 0 Å². The second kappa shape index (κ2) is 4.89. The summed E-state index contributed by atoms with van der Waals surface area (Å²) in [6.07, 6.45) is 0. The molecule has 0 aliphatic heterocycles. The second-order valence-corrected chi connectivity index (χ2v) is 6.03. The maximum Gasteiger partial charge on any atom is 0.263 e.